The van der Waals surface area contributed by atoms with Gasteiger partial charge in [0.25, 0.3) is 11.8 Å². The number of methoxy groups -OCH3 is 1. The van der Waals surface area contributed by atoms with Crippen molar-refractivity contribution >= 4 is 11.8 Å². The maximum atomic E-state index is 12.9. The molecule has 2 amide bonds. The molecule has 0 aliphatic carbocycles. The van der Waals surface area contributed by atoms with Crippen LogP contribution in [0.3, 0.4) is 0 Å². The minimum atomic E-state index is -4.48. The maximum absolute atomic E-state index is 12.9. The molecule has 1 heterocycles. The van der Waals surface area contributed by atoms with Gasteiger partial charge < -0.3 is 19.3 Å². The van der Waals surface area contributed by atoms with E-state index in [9.17, 15) is 22.8 Å². The normalized spacial score (nSPS) is 14.7. The number of hydrogen-bond acceptors (Lipinski definition) is 4. The number of benzene rings is 2. The molecule has 0 aromatic heterocycles. The Morgan fingerprint density at radius 1 is 0.968 bits per heavy atom. The number of halogens is 3. The number of ether oxygens (including phenoxy) is 2. The molecule has 0 atom stereocenters. The van der Waals surface area contributed by atoms with Gasteiger partial charge >= 0.3 is 6.18 Å². The molecular formula is C22H23F3N2O4. The summed E-state index contributed by atoms with van der Waals surface area (Å²) >= 11 is 0. The Labute approximate surface area is 178 Å². The molecule has 1 fully saturated rings. The van der Waals surface area contributed by atoms with Gasteiger partial charge in [-0.2, -0.15) is 13.2 Å². The fourth-order valence-electron chi connectivity index (χ4n) is 3.36. The second-order valence-electron chi connectivity index (χ2n) is 7.04. The van der Waals surface area contributed by atoms with Crippen LogP contribution in [0.4, 0.5) is 13.2 Å². The summed E-state index contributed by atoms with van der Waals surface area (Å²) in [6, 6.07) is 11.4. The maximum Gasteiger partial charge on any atom is 0.416 e. The number of carbonyl (C=O) groups excluding carboxylic acids is 2. The van der Waals surface area contributed by atoms with Gasteiger partial charge in [0.2, 0.25) is 0 Å². The molecule has 0 spiro atoms. The van der Waals surface area contributed by atoms with Crippen LogP contribution in [0.15, 0.2) is 48.5 Å². The number of carbonyl (C=O) groups is 2. The Morgan fingerprint density at radius 3 is 2.42 bits per heavy atom. The summed E-state index contributed by atoms with van der Waals surface area (Å²) in [6.07, 6.45) is -3.90. The van der Waals surface area contributed by atoms with E-state index >= 15 is 0 Å². The predicted octanol–water partition coefficient (Wildman–Crippen LogP) is 3.47. The molecule has 6 nitrogen and oxygen atoms in total. The highest BCUT2D eigenvalue weighted by atomic mass is 19.4. The molecule has 1 aliphatic heterocycles. The van der Waals surface area contributed by atoms with Crippen molar-refractivity contribution in [2.45, 2.75) is 12.6 Å². The van der Waals surface area contributed by atoms with Crippen LogP contribution in [-0.4, -0.2) is 61.5 Å². The fourth-order valence-corrected chi connectivity index (χ4v) is 3.36. The van der Waals surface area contributed by atoms with Crippen molar-refractivity contribution in [3.05, 3.63) is 59.7 Å². The van der Waals surface area contributed by atoms with Gasteiger partial charge in [0.05, 0.1) is 18.2 Å². The second-order valence-corrected chi connectivity index (χ2v) is 7.04. The van der Waals surface area contributed by atoms with Crippen LogP contribution >= 0.6 is 0 Å². The SMILES string of the molecule is COc1ccccc1C(=O)N1CCCN(C(=O)COc2cccc(C(F)(F)F)c2)CC1. The van der Waals surface area contributed by atoms with Crippen molar-refractivity contribution < 1.29 is 32.2 Å². The first-order valence-electron chi connectivity index (χ1n) is 9.79. The molecule has 2 aromatic rings. The molecule has 2 aromatic carbocycles. The standard InChI is InChI=1S/C22H23F3N2O4/c1-30-19-9-3-2-8-18(19)21(29)27-11-5-10-26(12-13-27)20(28)15-31-17-7-4-6-16(14-17)22(23,24)25/h2-4,6-9,14H,5,10-13,15H2,1H3. The van der Waals surface area contributed by atoms with Crippen molar-refractivity contribution in [2.75, 3.05) is 39.9 Å². The molecule has 166 valence electrons. The van der Waals surface area contributed by atoms with E-state index in [1.807, 2.05) is 0 Å². The smallest absolute Gasteiger partial charge is 0.416 e. The number of hydrogen-bond donors (Lipinski definition) is 0. The molecule has 0 bridgehead atoms. The predicted molar refractivity (Wildman–Crippen MR) is 107 cm³/mol. The van der Waals surface area contributed by atoms with Crippen molar-refractivity contribution in [3.63, 3.8) is 0 Å². The van der Waals surface area contributed by atoms with Crippen molar-refractivity contribution in [3.8, 4) is 11.5 Å². The minimum absolute atomic E-state index is 0.0222. The van der Waals surface area contributed by atoms with Crippen LogP contribution in [-0.2, 0) is 11.0 Å². The Bertz CT molecular complexity index is 933. The average molecular weight is 436 g/mol. The van der Waals surface area contributed by atoms with Crippen LogP contribution < -0.4 is 9.47 Å². The number of alkyl halides is 3. The highest BCUT2D eigenvalue weighted by molar-refractivity contribution is 5.97. The van der Waals surface area contributed by atoms with E-state index in [1.54, 1.807) is 34.1 Å². The Balaban J connectivity index is 1.57. The van der Waals surface area contributed by atoms with E-state index in [4.69, 9.17) is 9.47 Å². The van der Waals surface area contributed by atoms with Gasteiger partial charge in [-0.25, -0.2) is 0 Å². The monoisotopic (exact) mass is 436 g/mol. The average Bonchev–Trinajstić information content (AvgIpc) is 3.03. The molecule has 1 saturated heterocycles. The zero-order chi connectivity index (χ0) is 22.4. The number of rotatable bonds is 5. The quantitative estimate of drug-likeness (QED) is 0.720. The Hall–Kier alpha value is -3.23. The van der Waals surface area contributed by atoms with Crippen LogP contribution in [0.2, 0.25) is 0 Å². The van der Waals surface area contributed by atoms with Crippen LogP contribution in [0.25, 0.3) is 0 Å². The van der Waals surface area contributed by atoms with Crippen molar-refractivity contribution in [1.29, 1.82) is 0 Å². The van der Waals surface area contributed by atoms with Gasteiger partial charge in [0, 0.05) is 26.2 Å². The lowest BCUT2D eigenvalue weighted by Gasteiger charge is -2.23. The zero-order valence-electron chi connectivity index (χ0n) is 17.0. The van der Waals surface area contributed by atoms with E-state index in [-0.39, 0.29) is 24.2 Å². The molecule has 3 rings (SSSR count). The minimum Gasteiger partial charge on any atom is -0.496 e. The first-order chi connectivity index (χ1) is 14.8. The summed E-state index contributed by atoms with van der Waals surface area (Å²) in [7, 11) is 1.50. The van der Waals surface area contributed by atoms with E-state index in [0.29, 0.717) is 43.9 Å². The summed E-state index contributed by atoms with van der Waals surface area (Å²) in [4.78, 5) is 28.6. The third kappa shape index (κ3) is 5.68. The van der Waals surface area contributed by atoms with E-state index in [1.165, 1.54) is 19.2 Å². The topological polar surface area (TPSA) is 59.1 Å². The van der Waals surface area contributed by atoms with E-state index in [2.05, 4.69) is 0 Å². The van der Waals surface area contributed by atoms with Crippen LogP contribution in [0.1, 0.15) is 22.3 Å². The summed E-state index contributed by atoms with van der Waals surface area (Å²) in [5.41, 5.74) is -0.379. The summed E-state index contributed by atoms with van der Waals surface area (Å²) < 4.78 is 48.9. The number of amides is 2. The molecule has 0 N–H and O–H groups in total. The molecule has 1 aliphatic rings. The molecule has 31 heavy (non-hydrogen) atoms. The highest BCUT2D eigenvalue weighted by Gasteiger charge is 2.31. The molecular weight excluding hydrogens is 413 g/mol. The van der Waals surface area contributed by atoms with Crippen molar-refractivity contribution in [1.82, 2.24) is 9.80 Å². The first-order valence-corrected chi connectivity index (χ1v) is 9.79. The lowest BCUT2D eigenvalue weighted by Crippen LogP contribution is -2.39. The first kappa shape index (κ1) is 22.5. The van der Waals surface area contributed by atoms with Gasteiger partial charge in [-0.3, -0.25) is 9.59 Å². The van der Waals surface area contributed by atoms with Crippen LogP contribution in [0.5, 0.6) is 11.5 Å². The van der Waals surface area contributed by atoms with Crippen molar-refractivity contribution in [2.24, 2.45) is 0 Å². The molecule has 0 radical (unpaired) electrons. The van der Waals surface area contributed by atoms with Gasteiger partial charge in [0.15, 0.2) is 6.61 Å². The lowest BCUT2D eigenvalue weighted by molar-refractivity contribution is -0.137. The second kappa shape index (κ2) is 9.72. The van der Waals surface area contributed by atoms with Gasteiger partial charge in [-0.15, -0.1) is 0 Å². The van der Waals surface area contributed by atoms with E-state index < -0.39 is 11.7 Å². The molecule has 0 saturated carbocycles. The summed E-state index contributed by atoms with van der Waals surface area (Å²) in [6.45, 7) is 1.19. The summed E-state index contributed by atoms with van der Waals surface area (Å²) in [5.74, 6) is -0.0545. The van der Waals surface area contributed by atoms with Gasteiger partial charge in [-0.1, -0.05) is 18.2 Å². The van der Waals surface area contributed by atoms with Crippen LogP contribution in [0, 0.1) is 0 Å². The number of para-hydroxylation sites is 1. The Kier molecular flexibility index (Phi) is 7.04. The fraction of sp³-hybridized carbons (Fsp3) is 0.364. The highest BCUT2D eigenvalue weighted by Crippen LogP contribution is 2.31. The van der Waals surface area contributed by atoms with E-state index in [0.717, 1.165) is 12.1 Å². The summed E-state index contributed by atoms with van der Waals surface area (Å²) in [5, 5.41) is 0. The number of nitrogens with zero attached hydrogens (tertiary/aromatic N) is 2. The third-order valence-electron chi connectivity index (χ3n) is 5.00. The molecule has 0 unspecified atom stereocenters. The molecule has 9 heteroatoms. The third-order valence-corrected chi connectivity index (χ3v) is 5.00. The lowest BCUT2D eigenvalue weighted by atomic mass is 10.1. The largest absolute Gasteiger partial charge is 0.496 e. The Morgan fingerprint density at radius 2 is 1.68 bits per heavy atom. The zero-order valence-corrected chi connectivity index (χ0v) is 17.0. The van der Waals surface area contributed by atoms with Gasteiger partial charge in [-0.05, 0) is 36.8 Å². The van der Waals surface area contributed by atoms with Gasteiger partial charge in [0.1, 0.15) is 11.5 Å².